The van der Waals surface area contributed by atoms with Crippen molar-refractivity contribution in [3.8, 4) is 5.75 Å². The van der Waals surface area contributed by atoms with Crippen LogP contribution in [0.5, 0.6) is 5.75 Å². The lowest BCUT2D eigenvalue weighted by Crippen LogP contribution is -2.40. The molecule has 5 rings (SSSR count). The number of aromatic nitrogens is 2. The summed E-state index contributed by atoms with van der Waals surface area (Å²) in [5, 5.41) is 7.99. The molecule has 12 heteroatoms. The van der Waals surface area contributed by atoms with Crippen molar-refractivity contribution >= 4 is 91.3 Å². The monoisotopic (exact) mass is 675 g/mol. The summed E-state index contributed by atoms with van der Waals surface area (Å²) in [6.45, 7) is 1.71. The van der Waals surface area contributed by atoms with Gasteiger partial charge in [-0.2, -0.15) is 0 Å². The lowest BCUT2D eigenvalue weighted by molar-refractivity contribution is -0.117. The molecule has 3 amide bonds. The molecular formula is C29H25BrCl3N5O3. The number of aryl methyl sites for hydroxylation is 1. The first-order valence-corrected chi connectivity index (χ1v) is 13.8. The molecule has 2 heterocycles. The molecule has 0 radical (unpaired) electrons. The van der Waals surface area contributed by atoms with Gasteiger partial charge in [0.15, 0.2) is 11.4 Å². The van der Waals surface area contributed by atoms with E-state index in [1.807, 2.05) is 66.1 Å². The van der Waals surface area contributed by atoms with Crippen LogP contribution in [0.25, 0.3) is 16.4 Å². The Kier molecular flexibility index (Phi) is 9.65. The average Bonchev–Trinajstić information content (AvgIpc) is 3.25. The van der Waals surface area contributed by atoms with Crippen LogP contribution >= 0.6 is 51.5 Å². The van der Waals surface area contributed by atoms with Crippen LogP contribution in [0.2, 0.25) is 10.0 Å². The highest BCUT2D eigenvalue weighted by atomic mass is 79.9. The van der Waals surface area contributed by atoms with Gasteiger partial charge in [-0.15, -0.1) is 12.4 Å². The molecule has 5 aromatic rings. The van der Waals surface area contributed by atoms with E-state index in [1.54, 1.807) is 25.2 Å². The van der Waals surface area contributed by atoms with Gasteiger partial charge >= 0.3 is 6.03 Å². The number of carbonyl (C=O) groups excluding carboxylic acids is 2. The number of hydrogen-bond acceptors (Lipinski definition) is 4. The van der Waals surface area contributed by atoms with Gasteiger partial charge in [0.1, 0.15) is 11.2 Å². The first-order valence-electron chi connectivity index (χ1n) is 12.3. The summed E-state index contributed by atoms with van der Waals surface area (Å²) in [6.07, 6.45) is 1.88. The molecule has 0 saturated heterocycles. The van der Waals surface area contributed by atoms with Crippen molar-refractivity contribution in [1.82, 2.24) is 14.7 Å². The zero-order valence-corrected chi connectivity index (χ0v) is 25.9. The summed E-state index contributed by atoms with van der Waals surface area (Å²) < 4.78 is 8.77. The van der Waals surface area contributed by atoms with E-state index in [0.29, 0.717) is 33.4 Å². The van der Waals surface area contributed by atoms with Gasteiger partial charge in [0.2, 0.25) is 5.91 Å². The number of hydrogen-bond donors (Lipinski definition) is 2. The highest BCUT2D eigenvalue weighted by Crippen LogP contribution is 2.35. The zero-order chi connectivity index (χ0) is 28.4. The molecule has 2 aromatic heterocycles. The molecule has 3 aromatic carbocycles. The molecule has 0 saturated carbocycles. The number of pyridine rings is 1. The van der Waals surface area contributed by atoms with Crippen molar-refractivity contribution < 1.29 is 14.3 Å². The average molecular weight is 678 g/mol. The Morgan fingerprint density at radius 3 is 2.61 bits per heavy atom. The maximum atomic E-state index is 13.0. The van der Waals surface area contributed by atoms with Crippen LogP contribution < -0.4 is 20.3 Å². The number of likely N-dealkylation sites (N-methyl/N-ethyl adjacent to an activating group) is 1. The number of nitrogens with zero attached hydrogens (tertiary/aromatic N) is 3. The van der Waals surface area contributed by atoms with Crippen LogP contribution in [0.1, 0.15) is 11.3 Å². The molecule has 41 heavy (non-hydrogen) atoms. The Morgan fingerprint density at radius 2 is 1.80 bits per heavy atom. The molecule has 0 aliphatic carbocycles. The van der Waals surface area contributed by atoms with E-state index in [2.05, 4.69) is 31.5 Å². The SMILES string of the molecule is Cc1nc2c(OCc3c(Cl)ccc(N(C)C(=O)CNC(=O)Nc4cccc5ccccc45)c3Cl)cccn2c1Br.Cl. The van der Waals surface area contributed by atoms with Gasteiger partial charge in [-0.05, 0) is 58.6 Å². The van der Waals surface area contributed by atoms with Crippen molar-refractivity contribution in [1.29, 1.82) is 0 Å². The standard InChI is InChI=1S/C29H24BrCl2N5O3.ClH/c1-17-27(30)37-14-6-11-24(28(37)34-17)40-16-20-21(31)12-13-23(26(20)32)36(2)25(38)15-33-29(39)35-22-10-5-8-18-7-3-4-9-19(18)22;/h3-14H,15-16H2,1-2H3,(H2,33,35,39);1H. The second-order valence-electron chi connectivity index (χ2n) is 8.99. The summed E-state index contributed by atoms with van der Waals surface area (Å²) >= 11 is 16.7. The van der Waals surface area contributed by atoms with E-state index in [1.165, 1.54) is 4.90 Å². The molecule has 0 bridgehead atoms. The van der Waals surface area contributed by atoms with Gasteiger partial charge in [-0.1, -0.05) is 59.6 Å². The molecule has 0 unspecified atom stereocenters. The minimum atomic E-state index is -0.496. The fourth-order valence-corrected chi connectivity index (χ4v) is 5.26. The van der Waals surface area contributed by atoms with Gasteiger partial charge in [-0.25, -0.2) is 9.78 Å². The van der Waals surface area contributed by atoms with Crippen LogP contribution in [0.4, 0.5) is 16.2 Å². The van der Waals surface area contributed by atoms with Gasteiger partial charge < -0.3 is 20.3 Å². The largest absolute Gasteiger partial charge is 0.485 e. The van der Waals surface area contributed by atoms with Crippen molar-refractivity contribution in [3.05, 3.63) is 98.8 Å². The van der Waals surface area contributed by atoms with Crippen LogP contribution in [0.3, 0.4) is 0 Å². The number of urea groups is 1. The van der Waals surface area contributed by atoms with E-state index in [-0.39, 0.29) is 36.5 Å². The van der Waals surface area contributed by atoms with E-state index < -0.39 is 6.03 Å². The normalized spacial score (nSPS) is 10.8. The fourth-order valence-electron chi connectivity index (χ4n) is 4.28. The maximum absolute atomic E-state index is 13.0. The quantitative estimate of drug-likeness (QED) is 0.185. The predicted octanol–water partition coefficient (Wildman–Crippen LogP) is 7.65. The van der Waals surface area contributed by atoms with Crippen molar-refractivity contribution in [2.75, 3.05) is 23.8 Å². The highest BCUT2D eigenvalue weighted by molar-refractivity contribution is 9.10. The molecule has 8 nitrogen and oxygen atoms in total. The summed E-state index contributed by atoms with van der Waals surface area (Å²) in [5.41, 5.74) is 3.08. The van der Waals surface area contributed by atoms with Crippen LogP contribution in [0.15, 0.2) is 77.5 Å². The number of fused-ring (bicyclic) bond motifs is 2. The van der Waals surface area contributed by atoms with Crippen molar-refractivity contribution in [2.45, 2.75) is 13.5 Å². The van der Waals surface area contributed by atoms with Gasteiger partial charge in [0.05, 0.1) is 28.6 Å². The Labute approximate surface area is 261 Å². The number of nitrogens with one attached hydrogen (secondary N) is 2. The minimum absolute atomic E-state index is 0. The molecular weight excluding hydrogens is 653 g/mol. The van der Waals surface area contributed by atoms with Gasteiger partial charge in [0, 0.05) is 29.2 Å². The second-order valence-corrected chi connectivity index (χ2v) is 10.5. The number of rotatable bonds is 7. The molecule has 0 aliphatic rings. The smallest absolute Gasteiger partial charge is 0.319 e. The molecule has 0 fully saturated rings. The number of ether oxygens (including phenoxy) is 1. The van der Waals surface area contributed by atoms with Crippen LogP contribution in [-0.4, -0.2) is 34.9 Å². The highest BCUT2D eigenvalue weighted by Gasteiger charge is 2.20. The second kappa shape index (κ2) is 13.0. The van der Waals surface area contributed by atoms with E-state index >= 15 is 0 Å². The minimum Gasteiger partial charge on any atom is -0.485 e. The molecule has 212 valence electrons. The number of amides is 3. The van der Waals surface area contributed by atoms with Crippen molar-refractivity contribution in [3.63, 3.8) is 0 Å². The Bertz CT molecular complexity index is 1760. The summed E-state index contributed by atoms with van der Waals surface area (Å²) in [4.78, 5) is 31.4. The number of carbonyl (C=O) groups is 2. The first-order chi connectivity index (χ1) is 19.2. The summed E-state index contributed by atoms with van der Waals surface area (Å²) in [5.74, 6) is 0.186. The summed E-state index contributed by atoms with van der Waals surface area (Å²) in [7, 11) is 1.58. The first kappa shape index (κ1) is 30.5. The molecule has 0 spiro atoms. The van der Waals surface area contributed by atoms with Crippen LogP contribution in [-0.2, 0) is 11.4 Å². The zero-order valence-electron chi connectivity index (χ0n) is 22.0. The third-order valence-corrected chi connectivity index (χ3v) is 8.16. The summed E-state index contributed by atoms with van der Waals surface area (Å²) in [6, 6.07) is 19.8. The number of benzene rings is 3. The molecule has 0 aliphatic heterocycles. The van der Waals surface area contributed by atoms with E-state index in [4.69, 9.17) is 27.9 Å². The maximum Gasteiger partial charge on any atom is 0.319 e. The van der Waals surface area contributed by atoms with E-state index in [9.17, 15) is 9.59 Å². The Hall–Kier alpha value is -3.50. The Morgan fingerprint density at radius 1 is 1.05 bits per heavy atom. The fraction of sp³-hybridized carbons (Fsp3) is 0.138. The van der Waals surface area contributed by atoms with Crippen molar-refractivity contribution in [2.24, 2.45) is 0 Å². The predicted molar refractivity (Wildman–Crippen MR) is 170 cm³/mol. The van der Waals surface area contributed by atoms with E-state index in [0.717, 1.165) is 21.1 Å². The molecule has 2 N–H and O–H groups in total. The van der Waals surface area contributed by atoms with Crippen LogP contribution in [0, 0.1) is 6.92 Å². The number of imidazole rings is 1. The molecule has 0 atom stereocenters. The third-order valence-electron chi connectivity index (χ3n) is 6.43. The lowest BCUT2D eigenvalue weighted by Gasteiger charge is -2.21. The topological polar surface area (TPSA) is 88.0 Å². The third kappa shape index (κ3) is 6.38. The number of halogens is 4. The van der Waals surface area contributed by atoms with Gasteiger partial charge in [0.25, 0.3) is 0 Å². The Balaban J connectivity index is 0.00000387. The van der Waals surface area contributed by atoms with Gasteiger partial charge in [-0.3, -0.25) is 9.20 Å². The lowest BCUT2D eigenvalue weighted by atomic mass is 10.1. The number of anilines is 2.